The maximum atomic E-state index is 12.6. The van der Waals surface area contributed by atoms with E-state index in [2.05, 4.69) is 9.82 Å². The number of aromatic nitrogens is 2. The monoisotopic (exact) mass is 391 g/mol. The summed E-state index contributed by atoms with van der Waals surface area (Å²) in [4.78, 5) is 12.2. The SMILES string of the molecule is O=c1cc2c(nn1CCNS(=O)(=O)c1ccc3c(c1)OCCCO3)CCC2. The number of nitrogens with zero attached hydrogens (tertiary/aromatic N) is 2. The number of hydrogen-bond acceptors (Lipinski definition) is 6. The van der Waals surface area contributed by atoms with Gasteiger partial charge < -0.3 is 9.47 Å². The van der Waals surface area contributed by atoms with Gasteiger partial charge in [-0.2, -0.15) is 5.10 Å². The topological polar surface area (TPSA) is 99.5 Å². The van der Waals surface area contributed by atoms with E-state index < -0.39 is 10.0 Å². The fraction of sp³-hybridized carbons (Fsp3) is 0.444. The lowest BCUT2D eigenvalue weighted by atomic mass is 10.2. The van der Waals surface area contributed by atoms with Gasteiger partial charge in [0.2, 0.25) is 10.0 Å². The number of hydrogen-bond donors (Lipinski definition) is 1. The molecule has 2 heterocycles. The molecule has 0 saturated heterocycles. The number of benzene rings is 1. The first-order valence-corrected chi connectivity index (χ1v) is 10.5. The Hall–Kier alpha value is -2.39. The van der Waals surface area contributed by atoms with E-state index in [1.165, 1.54) is 16.8 Å². The third-order valence-corrected chi connectivity index (χ3v) is 6.13. The molecule has 2 aromatic rings. The Labute approximate surface area is 157 Å². The first-order chi connectivity index (χ1) is 13.0. The highest BCUT2D eigenvalue weighted by Crippen LogP contribution is 2.31. The molecule has 0 bridgehead atoms. The molecule has 0 fully saturated rings. The summed E-state index contributed by atoms with van der Waals surface area (Å²) in [5.74, 6) is 0.965. The molecule has 0 radical (unpaired) electrons. The maximum Gasteiger partial charge on any atom is 0.267 e. The molecule has 9 heteroatoms. The Bertz CT molecular complexity index is 1020. The Morgan fingerprint density at radius 2 is 1.89 bits per heavy atom. The van der Waals surface area contributed by atoms with Crippen LogP contribution in [0.25, 0.3) is 0 Å². The zero-order valence-electron chi connectivity index (χ0n) is 14.8. The highest BCUT2D eigenvalue weighted by atomic mass is 32.2. The highest BCUT2D eigenvalue weighted by Gasteiger charge is 2.19. The quantitative estimate of drug-likeness (QED) is 0.812. The summed E-state index contributed by atoms with van der Waals surface area (Å²) in [6.07, 6.45) is 3.49. The van der Waals surface area contributed by atoms with Crippen molar-refractivity contribution < 1.29 is 17.9 Å². The first-order valence-electron chi connectivity index (χ1n) is 9.02. The molecular formula is C18H21N3O5S. The third kappa shape index (κ3) is 3.84. The highest BCUT2D eigenvalue weighted by molar-refractivity contribution is 7.89. The number of nitrogens with one attached hydrogen (secondary N) is 1. The van der Waals surface area contributed by atoms with Gasteiger partial charge in [-0.3, -0.25) is 4.79 Å². The molecule has 0 spiro atoms. The van der Waals surface area contributed by atoms with Gasteiger partial charge >= 0.3 is 0 Å². The van der Waals surface area contributed by atoms with Crippen LogP contribution in [0.1, 0.15) is 24.1 Å². The molecular weight excluding hydrogens is 370 g/mol. The molecule has 0 unspecified atom stereocenters. The summed E-state index contributed by atoms with van der Waals surface area (Å²) in [6.45, 7) is 1.27. The lowest BCUT2D eigenvalue weighted by Crippen LogP contribution is -2.32. The lowest BCUT2D eigenvalue weighted by Gasteiger charge is -2.11. The Morgan fingerprint density at radius 1 is 1.07 bits per heavy atom. The van der Waals surface area contributed by atoms with Gasteiger partial charge in [-0.15, -0.1) is 0 Å². The Kier molecular flexibility index (Phi) is 4.88. The van der Waals surface area contributed by atoms with Crippen molar-refractivity contribution >= 4 is 10.0 Å². The van der Waals surface area contributed by atoms with E-state index in [0.29, 0.717) is 24.7 Å². The van der Waals surface area contributed by atoms with Gasteiger partial charge in [-0.25, -0.2) is 17.8 Å². The number of rotatable bonds is 5. The summed E-state index contributed by atoms with van der Waals surface area (Å²) in [5, 5.41) is 4.35. The van der Waals surface area contributed by atoms with Crippen molar-refractivity contribution in [3.63, 3.8) is 0 Å². The molecule has 1 aromatic carbocycles. The molecule has 0 atom stereocenters. The molecule has 2 aliphatic rings. The van der Waals surface area contributed by atoms with Crippen molar-refractivity contribution in [1.29, 1.82) is 0 Å². The minimum atomic E-state index is -3.73. The smallest absolute Gasteiger partial charge is 0.267 e. The summed E-state index contributed by atoms with van der Waals surface area (Å²) in [6, 6.07) is 6.15. The van der Waals surface area contributed by atoms with Gasteiger partial charge in [0.25, 0.3) is 5.56 Å². The Morgan fingerprint density at radius 3 is 2.74 bits per heavy atom. The zero-order valence-corrected chi connectivity index (χ0v) is 15.6. The Balaban J connectivity index is 1.45. The van der Waals surface area contributed by atoms with E-state index in [1.54, 1.807) is 12.1 Å². The van der Waals surface area contributed by atoms with E-state index in [-0.39, 0.29) is 23.5 Å². The van der Waals surface area contributed by atoms with Crippen LogP contribution >= 0.6 is 0 Å². The van der Waals surface area contributed by atoms with Gasteiger partial charge in [0.1, 0.15) is 0 Å². The second-order valence-electron chi connectivity index (χ2n) is 6.59. The van der Waals surface area contributed by atoms with Crippen LogP contribution in [0.3, 0.4) is 0 Å². The van der Waals surface area contributed by atoms with E-state index in [4.69, 9.17) is 9.47 Å². The number of sulfonamides is 1. The van der Waals surface area contributed by atoms with Crippen LogP contribution in [-0.2, 0) is 29.4 Å². The normalized spacial score (nSPS) is 16.0. The lowest BCUT2D eigenvalue weighted by molar-refractivity contribution is 0.297. The van der Waals surface area contributed by atoms with Gasteiger partial charge in [-0.1, -0.05) is 0 Å². The van der Waals surface area contributed by atoms with Crippen molar-refractivity contribution in [3.8, 4) is 11.5 Å². The van der Waals surface area contributed by atoms with Crippen molar-refractivity contribution in [2.75, 3.05) is 19.8 Å². The van der Waals surface area contributed by atoms with E-state index in [0.717, 1.165) is 36.9 Å². The predicted octanol–water partition coefficient (Wildman–Crippen LogP) is 0.872. The fourth-order valence-corrected chi connectivity index (χ4v) is 4.32. The second kappa shape index (κ2) is 7.32. The molecule has 1 aliphatic carbocycles. The van der Waals surface area contributed by atoms with Gasteiger partial charge in [0.05, 0.1) is 30.3 Å². The average Bonchev–Trinajstić information content (AvgIpc) is 2.96. The van der Waals surface area contributed by atoms with Crippen molar-refractivity contribution in [1.82, 2.24) is 14.5 Å². The minimum Gasteiger partial charge on any atom is -0.490 e. The molecule has 1 aromatic heterocycles. The van der Waals surface area contributed by atoms with Crippen molar-refractivity contribution in [3.05, 3.63) is 45.9 Å². The summed E-state index contributed by atoms with van der Waals surface area (Å²) >= 11 is 0. The van der Waals surface area contributed by atoms with Crippen LogP contribution in [0.5, 0.6) is 11.5 Å². The van der Waals surface area contributed by atoms with E-state index >= 15 is 0 Å². The van der Waals surface area contributed by atoms with Crippen LogP contribution in [-0.4, -0.2) is 38.0 Å². The second-order valence-corrected chi connectivity index (χ2v) is 8.35. The van der Waals surface area contributed by atoms with Crippen LogP contribution in [0.2, 0.25) is 0 Å². The summed E-state index contributed by atoms with van der Waals surface area (Å²) in [7, 11) is -3.73. The molecule has 0 amide bonds. The van der Waals surface area contributed by atoms with Gasteiger partial charge in [0.15, 0.2) is 11.5 Å². The fourth-order valence-electron chi connectivity index (χ4n) is 3.28. The molecule has 1 N–H and O–H groups in total. The first kappa shape index (κ1) is 18.0. The summed E-state index contributed by atoms with van der Waals surface area (Å²) in [5.41, 5.74) is 1.73. The van der Waals surface area contributed by atoms with E-state index in [1.807, 2.05) is 0 Å². The summed E-state index contributed by atoms with van der Waals surface area (Å²) < 4.78 is 40.0. The van der Waals surface area contributed by atoms with Crippen LogP contribution in [0.4, 0.5) is 0 Å². The van der Waals surface area contributed by atoms with Crippen molar-refractivity contribution in [2.45, 2.75) is 37.1 Å². The maximum absolute atomic E-state index is 12.6. The molecule has 27 heavy (non-hydrogen) atoms. The molecule has 0 saturated carbocycles. The van der Waals surface area contributed by atoms with Gasteiger partial charge in [-0.05, 0) is 37.0 Å². The molecule has 1 aliphatic heterocycles. The van der Waals surface area contributed by atoms with Crippen LogP contribution < -0.4 is 19.8 Å². The minimum absolute atomic E-state index is 0.0719. The predicted molar refractivity (Wildman–Crippen MR) is 97.8 cm³/mol. The molecule has 8 nitrogen and oxygen atoms in total. The third-order valence-electron chi connectivity index (χ3n) is 4.67. The average molecular weight is 391 g/mol. The van der Waals surface area contributed by atoms with E-state index in [9.17, 15) is 13.2 Å². The molecule has 4 rings (SSSR count). The zero-order chi connectivity index (χ0) is 18.9. The molecule has 144 valence electrons. The standard InChI is InChI=1S/C18H21N3O5S/c22-18-11-13-3-1-4-15(13)20-21(18)8-7-19-27(23,24)14-5-6-16-17(12-14)26-10-2-9-25-16/h5-6,11-12,19H,1-4,7-10H2. The van der Waals surface area contributed by atoms with Crippen LogP contribution in [0.15, 0.2) is 34.0 Å². The largest absolute Gasteiger partial charge is 0.490 e. The number of fused-ring (bicyclic) bond motifs is 2. The van der Waals surface area contributed by atoms with Crippen molar-refractivity contribution in [2.24, 2.45) is 0 Å². The number of ether oxygens (including phenoxy) is 2. The number of aryl methyl sites for hydroxylation is 2. The van der Waals surface area contributed by atoms with Gasteiger partial charge in [0, 0.05) is 25.1 Å². The van der Waals surface area contributed by atoms with Crippen LogP contribution in [0, 0.1) is 0 Å².